The Labute approximate surface area is 179 Å². The molecule has 0 bridgehead atoms. The van der Waals surface area contributed by atoms with Crippen LogP contribution in [0.4, 0.5) is 13.2 Å². The Morgan fingerprint density at radius 2 is 1.83 bits per heavy atom. The fourth-order valence-corrected chi connectivity index (χ4v) is 6.04. The number of epoxide rings is 2. The molecule has 3 aliphatic rings. The number of ether oxygens (including phenoxy) is 3. The van der Waals surface area contributed by atoms with Gasteiger partial charge >= 0.3 is 6.18 Å². The van der Waals surface area contributed by atoms with Gasteiger partial charge in [-0.05, 0) is 51.2 Å². The highest BCUT2D eigenvalue weighted by molar-refractivity contribution is 6.74. The summed E-state index contributed by atoms with van der Waals surface area (Å²) in [6, 6.07) is 0. The minimum absolute atomic E-state index is 0.0650. The molecule has 4 nitrogen and oxygen atoms in total. The summed E-state index contributed by atoms with van der Waals surface area (Å²) in [5.74, 6) is -0.0666. The number of hydrogen-bond acceptors (Lipinski definition) is 4. The Bertz CT molecular complexity index is 681. The molecule has 2 heterocycles. The second-order valence-corrected chi connectivity index (χ2v) is 15.7. The summed E-state index contributed by atoms with van der Waals surface area (Å²) in [7, 11) is -0.319. The molecule has 0 N–H and O–H groups in total. The molecular formula is C22H37F3O4Si. The van der Waals surface area contributed by atoms with Crippen LogP contribution in [0, 0.1) is 5.92 Å². The van der Waals surface area contributed by atoms with Gasteiger partial charge in [0.2, 0.25) is 0 Å². The smallest absolute Gasteiger partial charge is 0.411 e. The lowest BCUT2D eigenvalue weighted by atomic mass is 9.68. The fraction of sp³-hybridized carbons (Fsp3) is 0.909. The van der Waals surface area contributed by atoms with E-state index in [0.29, 0.717) is 6.61 Å². The van der Waals surface area contributed by atoms with Gasteiger partial charge < -0.3 is 18.6 Å². The zero-order chi connectivity index (χ0) is 22.8. The van der Waals surface area contributed by atoms with Gasteiger partial charge in [0.1, 0.15) is 5.60 Å². The maximum Gasteiger partial charge on any atom is 0.412 e. The SMILES string of the molecule is CO[C@@H]1[C@H](O[Si](C)(C)C(C)(C)C)CC[C@]2(CO2)[C@H]1[C@@]1(C)O[C@@H]1C/C=C(\C)C(F)(F)F. The van der Waals surface area contributed by atoms with Crippen LogP contribution >= 0.6 is 0 Å². The van der Waals surface area contributed by atoms with Crippen molar-refractivity contribution in [3.05, 3.63) is 11.6 Å². The number of alkyl halides is 3. The molecule has 0 aromatic heterocycles. The second kappa shape index (κ2) is 7.58. The molecule has 3 rings (SSSR count). The van der Waals surface area contributed by atoms with E-state index in [1.165, 1.54) is 6.08 Å². The molecule has 2 aliphatic heterocycles. The van der Waals surface area contributed by atoms with Crippen LogP contribution in [0.2, 0.25) is 18.1 Å². The molecule has 30 heavy (non-hydrogen) atoms. The van der Waals surface area contributed by atoms with Crippen molar-refractivity contribution in [1.29, 1.82) is 0 Å². The Morgan fingerprint density at radius 3 is 2.30 bits per heavy atom. The van der Waals surface area contributed by atoms with E-state index < -0.39 is 25.7 Å². The standard InChI is InChI=1S/C22H37F3O4Si/c1-14(22(23,24)25)9-10-16-20(5,28-16)18-17(26-6)15(11-12-21(18)13-27-21)29-30(7,8)19(2,3)4/h9,15-18H,10-13H2,1-8H3/b14-9+/t15-,16-,17-,18-,20+,21+/m1/s1. The van der Waals surface area contributed by atoms with E-state index in [2.05, 4.69) is 33.9 Å². The zero-order valence-corrected chi connectivity index (χ0v) is 20.5. The van der Waals surface area contributed by atoms with Crippen molar-refractivity contribution in [2.24, 2.45) is 5.92 Å². The molecule has 1 spiro atoms. The van der Waals surface area contributed by atoms with Crippen molar-refractivity contribution in [2.45, 2.75) is 108 Å². The first-order chi connectivity index (χ1) is 13.6. The molecule has 6 atom stereocenters. The molecule has 0 aromatic rings. The third-order valence-corrected chi connectivity index (χ3v) is 12.3. The topological polar surface area (TPSA) is 43.5 Å². The highest BCUT2D eigenvalue weighted by Gasteiger charge is 2.72. The minimum Gasteiger partial charge on any atom is -0.411 e. The van der Waals surface area contributed by atoms with Crippen LogP contribution in [0.1, 0.15) is 53.9 Å². The summed E-state index contributed by atoms with van der Waals surface area (Å²) in [6.45, 7) is 14.8. The van der Waals surface area contributed by atoms with Gasteiger partial charge in [0.25, 0.3) is 0 Å². The highest BCUT2D eigenvalue weighted by Crippen LogP contribution is 2.60. The zero-order valence-electron chi connectivity index (χ0n) is 19.5. The largest absolute Gasteiger partial charge is 0.412 e. The lowest BCUT2D eigenvalue weighted by molar-refractivity contribution is -0.111. The summed E-state index contributed by atoms with van der Waals surface area (Å²) in [6.07, 6.45) is -1.65. The van der Waals surface area contributed by atoms with Gasteiger partial charge in [-0.1, -0.05) is 26.8 Å². The third kappa shape index (κ3) is 4.40. The Balaban J connectivity index is 1.79. The van der Waals surface area contributed by atoms with E-state index in [-0.39, 0.29) is 41.3 Å². The summed E-state index contributed by atoms with van der Waals surface area (Å²) >= 11 is 0. The van der Waals surface area contributed by atoms with E-state index in [9.17, 15) is 13.2 Å². The third-order valence-electron chi connectivity index (χ3n) is 7.83. The van der Waals surface area contributed by atoms with Crippen LogP contribution in [0.15, 0.2) is 11.6 Å². The van der Waals surface area contributed by atoms with Crippen LogP contribution in [0.5, 0.6) is 0 Å². The van der Waals surface area contributed by atoms with Crippen molar-refractivity contribution >= 4 is 8.32 Å². The van der Waals surface area contributed by atoms with E-state index in [1.54, 1.807) is 7.11 Å². The van der Waals surface area contributed by atoms with Crippen molar-refractivity contribution in [3.8, 4) is 0 Å². The molecule has 0 amide bonds. The predicted octanol–water partition coefficient (Wildman–Crippen LogP) is 5.63. The van der Waals surface area contributed by atoms with Gasteiger partial charge in [-0.3, -0.25) is 0 Å². The molecule has 3 fully saturated rings. The second-order valence-electron chi connectivity index (χ2n) is 10.9. The van der Waals surface area contributed by atoms with E-state index >= 15 is 0 Å². The Morgan fingerprint density at radius 1 is 1.23 bits per heavy atom. The van der Waals surface area contributed by atoms with Crippen molar-refractivity contribution < 1.29 is 31.8 Å². The van der Waals surface area contributed by atoms with Gasteiger partial charge in [-0.25, -0.2) is 0 Å². The van der Waals surface area contributed by atoms with Crippen LogP contribution in [0.25, 0.3) is 0 Å². The summed E-state index contributed by atoms with van der Waals surface area (Å²) < 4.78 is 63.3. The van der Waals surface area contributed by atoms with Crippen molar-refractivity contribution in [2.75, 3.05) is 13.7 Å². The lowest BCUT2D eigenvalue weighted by Gasteiger charge is -2.47. The first kappa shape index (κ1) is 24.2. The maximum absolute atomic E-state index is 12.9. The lowest BCUT2D eigenvalue weighted by Crippen LogP contribution is -2.58. The Kier molecular flexibility index (Phi) is 6.12. The summed E-state index contributed by atoms with van der Waals surface area (Å²) in [4.78, 5) is 0. The molecule has 2 saturated heterocycles. The predicted molar refractivity (Wildman–Crippen MR) is 112 cm³/mol. The van der Waals surface area contributed by atoms with Crippen molar-refractivity contribution in [1.82, 2.24) is 0 Å². The van der Waals surface area contributed by atoms with Gasteiger partial charge in [0, 0.05) is 12.7 Å². The van der Waals surface area contributed by atoms with E-state index in [1.807, 2.05) is 6.92 Å². The first-order valence-corrected chi connectivity index (χ1v) is 13.7. The van der Waals surface area contributed by atoms with Gasteiger partial charge in [0.05, 0.1) is 36.4 Å². The quantitative estimate of drug-likeness (QED) is 0.299. The molecule has 0 unspecified atom stereocenters. The molecule has 0 aromatic carbocycles. The van der Waals surface area contributed by atoms with E-state index in [4.69, 9.17) is 18.6 Å². The molecule has 0 radical (unpaired) electrons. The number of halogens is 3. The average Bonchev–Trinajstić information content (AvgIpc) is 3.50. The molecule has 174 valence electrons. The van der Waals surface area contributed by atoms with Crippen LogP contribution < -0.4 is 0 Å². The van der Waals surface area contributed by atoms with Gasteiger partial charge in [0.15, 0.2) is 8.32 Å². The monoisotopic (exact) mass is 450 g/mol. The average molecular weight is 451 g/mol. The maximum atomic E-state index is 12.9. The van der Waals surface area contributed by atoms with Crippen molar-refractivity contribution in [3.63, 3.8) is 0 Å². The number of allylic oxidation sites excluding steroid dienone is 1. The van der Waals surface area contributed by atoms with Crippen LogP contribution in [0.3, 0.4) is 0 Å². The minimum atomic E-state index is -4.30. The van der Waals surface area contributed by atoms with Crippen LogP contribution in [-0.4, -0.2) is 57.7 Å². The number of methoxy groups -OCH3 is 1. The first-order valence-electron chi connectivity index (χ1n) is 10.8. The van der Waals surface area contributed by atoms with Crippen LogP contribution in [-0.2, 0) is 18.6 Å². The normalized spacial score (nSPS) is 40.0. The Hall–Kier alpha value is -0.413. The summed E-state index contributed by atoms with van der Waals surface area (Å²) in [5, 5.41) is 0.0778. The fourth-order valence-electron chi connectivity index (χ4n) is 4.68. The number of rotatable bonds is 6. The molecule has 1 saturated carbocycles. The molecule has 1 aliphatic carbocycles. The summed E-state index contributed by atoms with van der Waals surface area (Å²) in [5.41, 5.74) is -1.46. The van der Waals surface area contributed by atoms with Gasteiger partial charge in [-0.15, -0.1) is 0 Å². The number of hydrogen-bond donors (Lipinski definition) is 0. The molecular weight excluding hydrogens is 413 g/mol. The van der Waals surface area contributed by atoms with E-state index in [0.717, 1.165) is 19.8 Å². The highest BCUT2D eigenvalue weighted by atomic mass is 28.4. The molecule has 8 heteroatoms. The van der Waals surface area contributed by atoms with Gasteiger partial charge in [-0.2, -0.15) is 13.2 Å².